The number of rotatable bonds is 3. The summed E-state index contributed by atoms with van der Waals surface area (Å²) < 4.78 is 18.9. The predicted octanol–water partition coefficient (Wildman–Crippen LogP) is 3.96. The van der Waals surface area contributed by atoms with Gasteiger partial charge in [-0.2, -0.15) is 0 Å². The topological polar surface area (TPSA) is 46.5 Å². The van der Waals surface area contributed by atoms with E-state index in [9.17, 15) is 9.18 Å². The Morgan fingerprint density at radius 3 is 2.42 bits per heavy atom. The number of aromatic carboxylic acids is 1. The van der Waals surface area contributed by atoms with Gasteiger partial charge in [-0.25, -0.2) is 9.18 Å². The molecular weight excluding hydrogens is 315 g/mol. The zero-order chi connectivity index (χ0) is 14.0. The Bertz CT molecular complexity index is 641. The molecular formula is C14H10BrFO3. The summed E-state index contributed by atoms with van der Waals surface area (Å²) in [6.45, 7) is 0. The summed E-state index contributed by atoms with van der Waals surface area (Å²) in [4.78, 5) is 11.0. The highest BCUT2D eigenvalue weighted by molar-refractivity contribution is 9.10. The fourth-order valence-electron chi connectivity index (χ4n) is 1.71. The lowest BCUT2D eigenvalue weighted by atomic mass is 10.0. The van der Waals surface area contributed by atoms with Crippen molar-refractivity contribution in [3.05, 3.63) is 52.3 Å². The number of methoxy groups -OCH3 is 1. The van der Waals surface area contributed by atoms with Crippen LogP contribution in [0.15, 0.2) is 40.9 Å². The zero-order valence-electron chi connectivity index (χ0n) is 9.98. The van der Waals surface area contributed by atoms with Crippen LogP contribution in [0.2, 0.25) is 0 Å². The SMILES string of the molecule is COc1ccc(-c2ccc(Br)c(C(=O)O)c2)cc1F. The van der Waals surface area contributed by atoms with E-state index < -0.39 is 11.8 Å². The van der Waals surface area contributed by atoms with Gasteiger partial charge in [-0.05, 0) is 51.3 Å². The second-order valence-electron chi connectivity index (χ2n) is 3.85. The van der Waals surface area contributed by atoms with E-state index >= 15 is 0 Å². The Morgan fingerprint density at radius 1 is 1.21 bits per heavy atom. The summed E-state index contributed by atoms with van der Waals surface area (Å²) in [5, 5.41) is 9.05. The van der Waals surface area contributed by atoms with Crippen LogP contribution in [0.25, 0.3) is 11.1 Å². The van der Waals surface area contributed by atoms with Crippen molar-refractivity contribution in [2.45, 2.75) is 0 Å². The highest BCUT2D eigenvalue weighted by Crippen LogP contribution is 2.28. The van der Waals surface area contributed by atoms with E-state index in [1.807, 2.05) is 0 Å². The molecule has 0 saturated heterocycles. The number of carboxylic acid groups (broad SMARTS) is 1. The zero-order valence-corrected chi connectivity index (χ0v) is 11.6. The Kier molecular flexibility index (Phi) is 3.85. The molecule has 98 valence electrons. The molecule has 0 amide bonds. The molecule has 0 heterocycles. The van der Waals surface area contributed by atoms with Gasteiger partial charge in [-0.1, -0.05) is 12.1 Å². The van der Waals surface area contributed by atoms with Gasteiger partial charge >= 0.3 is 5.97 Å². The van der Waals surface area contributed by atoms with Gasteiger partial charge in [-0.3, -0.25) is 0 Å². The van der Waals surface area contributed by atoms with Gasteiger partial charge in [0.2, 0.25) is 0 Å². The standard InChI is InChI=1S/C14H10BrFO3/c1-19-13-5-3-9(7-12(13)16)8-2-4-11(15)10(6-8)14(17)18/h2-7H,1H3,(H,17,18). The summed E-state index contributed by atoms with van der Waals surface area (Å²) in [5.74, 6) is -1.37. The maximum absolute atomic E-state index is 13.6. The number of ether oxygens (including phenoxy) is 1. The van der Waals surface area contributed by atoms with E-state index in [0.717, 1.165) is 0 Å². The molecule has 0 saturated carbocycles. The van der Waals surface area contributed by atoms with E-state index in [-0.39, 0.29) is 11.3 Å². The molecule has 0 aliphatic carbocycles. The van der Waals surface area contributed by atoms with Crippen molar-refractivity contribution in [3.8, 4) is 16.9 Å². The van der Waals surface area contributed by atoms with Gasteiger partial charge in [0, 0.05) is 4.47 Å². The first-order valence-corrected chi connectivity index (χ1v) is 6.19. The molecule has 2 aromatic rings. The summed E-state index contributed by atoms with van der Waals surface area (Å²) in [5.41, 5.74) is 1.35. The first-order valence-electron chi connectivity index (χ1n) is 5.39. The second kappa shape index (κ2) is 5.40. The number of halogens is 2. The first-order chi connectivity index (χ1) is 9.02. The molecule has 0 aromatic heterocycles. The third-order valence-corrected chi connectivity index (χ3v) is 3.37. The van der Waals surface area contributed by atoms with Crippen LogP contribution in [0.5, 0.6) is 5.75 Å². The second-order valence-corrected chi connectivity index (χ2v) is 4.70. The van der Waals surface area contributed by atoms with Gasteiger partial charge in [0.05, 0.1) is 12.7 Å². The number of hydrogen-bond acceptors (Lipinski definition) is 2. The van der Waals surface area contributed by atoms with Crippen molar-refractivity contribution in [1.82, 2.24) is 0 Å². The molecule has 0 atom stereocenters. The van der Waals surface area contributed by atoms with Gasteiger partial charge in [0.15, 0.2) is 11.6 Å². The molecule has 0 fully saturated rings. The minimum absolute atomic E-state index is 0.133. The smallest absolute Gasteiger partial charge is 0.336 e. The Labute approximate surface area is 117 Å². The minimum Gasteiger partial charge on any atom is -0.494 e. The molecule has 5 heteroatoms. The molecule has 3 nitrogen and oxygen atoms in total. The average molecular weight is 325 g/mol. The lowest BCUT2D eigenvalue weighted by Crippen LogP contribution is -1.98. The van der Waals surface area contributed by atoms with Gasteiger partial charge < -0.3 is 9.84 Å². The maximum atomic E-state index is 13.6. The molecule has 0 aliphatic rings. The van der Waals surface area contributed by atoms with Crippen LogP contribution in [0.4, 0.5) is 4.39 Å². The number of carboxylic acids is 1. The summed E-state index contributed by atoms with van der Waals surface area (Å²) in [6.07, 6.45) is 0. The molecule has 19 heavy (non-hydrogen) atoms. The van der Waals surface area contributed by atoms with E-state index in [4.69, 9.17) is 9.84 Å². The highest BCUT2D eigenvalue weighted by atomic mass is 79.9. The third-order valence-electron chi connectivity index (χ3n) is 2.68. The van der Waals surface area contributed by atoms with Gasteiger partial charge in [0.1, 0.15) is 0 Å². The van der Waals surface area contributed by atoms with Crippen molar-refractivity contribution < 1.29 is 19.0 Å². The van der Waals surface area contributed by atoms with Gasteiger partial charge in [-0.15, -0.1) is 0 Å². The monoisotopic (exact) mass is 324 g/mol. The van der Waals surface area contributed by atoms with Crippen LogP contribution in [0.1, 0.15) is 10.4 Å². The number of carbonyl (C=O) groups is 1. The Morgan fingerprint density at radius 2 is 1.84 bits per heavy atom. The summed E-state index contributed by atoms with van der Waals surface area (Å²) in [6, 6.07) is 9.34. The van der Waals surface area contributed by atoms with Crippen LogP contribution >= 0.6 is 15.9 Å². The predicted molar refractivity (Wildman–Crippen MR) is 73.0 cm³/mol. The largest absolute Gasteiger partial charge is 0.494 e. The Hall–Kier alpha value is -1.88. The van der Waals surface area contributed by atoms with Crippen molar-refractivity contribution in [2.24, 2.45) is 0 Å². The molecule has 0 radical (unpaired) electrons. The van der Waals surface area contributed by atoms with Crippen LogP contribution in [0.3, 0.4) is 0 Å². The lowest BCUT2D eigenvalue weighted by Gasteiger charge is -2.07. The van der Waals surface area contributed by atoms with Crippen molar-refractivity contribution >= 4 is 21.9 Å². The van der Waals surface area contributed by atoms with Crippen molar-refractivity contribution in [1.29, 1.82) is 0 Å². The first kappa shape index (κ1) is 13.5. The maximum Gasteiger partial charge on any atom is 0.336 e. The molecule has 2 aromatic carbocycles. The molecule has 2 rings (SSSR count). The quantitative estimate of drug-likeness (QED) is 0.929. The van der Waals surface area contributed by atoms with E-state index in [0.29, 0.717) is 15.6 Å². The summed E-state index contributed by atoms with van der Waals surface area (Å²) >= 11 is 3.17. The third kappa shape index (κ3) is 2.76. The van der Waals surface area contributed by atoms with E-state index in [1.54, 1.807) is 18.2 Å². The van der Waals surface area contributed by atoms with Crippen molar-refractivity contribution in [3.63, 3.8) is 0 Å². The molecule has 0 aliphatic heterocycles. The average Bonchev–Trinajstić information content (AvgIpc) is 2.38. The number of benzene rings is 2. The minimum atomic E-state index is -1.04. The van der Waals surface area contributed by atoms with Gasteiger partial charge in [0.25, 0.3) is 0 Å². The normalized spacial score (nSPS) is 10.3. The summed E-state index contributed by atoms with van der Waals surface area (Å²) in [7, 11) is 1.39. The van der Waals surface area contributed by atoms with Crippen LogP contribution in [-0.2, 0) is 0 Å². The fraction of sp³-hybridized carbons (Fsp3) is 0.0714. The Balaban J connectivity index is 2.50. The molecule has 1 N–H and O–H groups in total. The van der Waals surface area contributed by atoms with E-state index in [2.05, 4.69) is 15.9 Å². The van der Waals surface area contributed by atoms with Crippen molar-refractivity contribution in [2.75, 3.05) is 7.11 Å². The fourth-order valence-corrected chi connectivity index (χ4v) is 2.13. The molecule has 0 bridgehead atoms. The molecule has 0 spiro atoms. The highest BCUT2D eigenvalue weighted by Gasteiger charge is 2.11. The number of hydrogen-bond donors (Lipinski definition) is 1. The van der Waals surface area contributed by atoms with Crippen LogP contribution in [0, 0.1) is 5.82 Å². The lowest BCUT2D eigenvalue weighted by molar-refractivity contribution is 0.0696. The molecule has 0 unspecified atom stereocenters. The van der Waals surface area contributed by atoms with Crippen LogP contribution in [-0.4, -0.2) is 18.2 Å². The van der Waals surface area contributed by atoms with E-state index in [1.165, 1.54) is 25.3 Å². The van der Waals surface area contributed by atoms with Crippen LogP contribution < -0.4 is 4.74 Å².